The van der Waals surface area contributed by atoms with E-state index in [1.165, 1.54) is 23.0 Å². The number of thiophene rings is 2. The van der Waals surface area contributed by atoms with Crippen LogP contribution in [0, 0.1) is 0 Å². The fraction of sp³-hybridized carbons (Fsp3) is 0.0345. The van der Waals surface area contributed by atoms with Gasteiger partial charge in [-0.15, -0.1) is 22.7 Å². The number of fused-ring (bicyclic) bond motifs is 1. The molecule has 0 spiro atoms. The third-order valence-corrected chi connectivity index (χ3v) is 8.76. The highest BCUT2D eigenvalue weighted by molar-refractivity contribution is 7.23. The van der Waals surface area contributed by atoms with Crippen LogP contribution in [0.3, 0.4) is 0 Å². The number of carbonyl (C=O) groups is 1. The van der Waals surface area contributed by atoms with Gasteiger partial charge in [0.05, 0.1) is 10.6 Å². The zero-order valence-corrected chi connectivity index (χ0v) is 21.2. The number of carbonyl (C=O) groups excluding carboxylic acids is 1. The molecule has 0 N–H and O–H groups in total. The first kappa shape index (κ1) is 21.9. The number of hydrogen-bond acceptors (Lipinski definition) is 6. The van der Waals surface area contributed by atoms with E-state index < -0.39 is 0 Å². The Morgan fingerprint density at radius 2 is 1.51 bits per heavy atom. The molecule has 0 radical (unpaired) electrons. The maximum Gasteiger partial charge on any atom is 0.308 e. The van der Waals surface area contributed by atoms with Crippen LogP contribution in [-0.4, -0.2) is 11.0 Å². The molecule has 0 saturated heterocycles. The molecule has 170 valence electrons. The second-order valence-corrected chi connectivity index (χ2v) is 10.9. The summed E-state index contributed by atoms with van der Waals surface area (Å²) < 4.78 is 6.93. The number of thiazole rings is 1. The Hall–Kier alpha value is -3.58. The van der Waals surface area contributed by atoms with Gasteiger partial charge in [-0.1, -0.05) is 90.2 Å². The maximum atomic E-state index is 12.0. The summed E-state index contributed by atoms with van der Waals surface area (Å²) in [4.78, 5) is 19.2. The van der Waals surface area contributed by atoms with Gasteiger partial charge < -0.3 is 4.74 Å². The van der Waals surface area contributed by atoms with Crippen LogP contribution in [0.15, 0.2) is 96.4 Å². The van der Waals surface area contributed by atoms with E-state index in [1.807, 2.05) is 36.4 Å². The highest BCUT2D eigenvalue weighted by Gasteiger charge is 2.24. The lowest BCUT2D eigenvalue weighted by atomic mass is 10.0. The summed E-state index contributed by atoms with van der Waals surface area (Å²) in [5, 5.41) is 4.85. The van der Waals surface area contributed by atoms with E-state index in [0.717, 1.165) is 48.1 Å². The Morgan fingerprint density at radius 1 is 0.829 bits per heavy atom. The smallest absolute Gasteiger partial charge is 0.308 e. The first-order valence-corrected chi connectivity index (χ1v) is 13.6. The van der Waals surface area contributed by atoms with Crippen LogP contribution in [0.5, 0.6) is 5.06 Å². The summed E-state index contributed by atoms with van der Waals surface area (Å²) in [6.45, 7) is 1.45. The Bertz CT molecular complexity index is 1650. The Kier molecular flexibility index (Phi) is 5.78. The lowest BCUT2D eigenvalue weighted by Crippen LogP contribution is -2.00. The lowest BCUT2D eigenvalue weighted by Gasteiger charge is -2.05. The lowest BCUT2D eigenvalue weighted by molar-refractivity contribution is -0.131. The van der Waals surface area contributed by atoms with Crippen LogP contribution < -0.4 is 4.74 Å². The van der Waals surface area contributed by atoms with Crippen LogP contribution in [0.4, 0.5) is 0 Å². The van der Waals surface area contributed by atoms with Crippen LogP contribution >= 0.6 is 34.0 Å². The molecule has 3 nitrogen and oxygen atoms in total. The molecule has 6 rings (SSSR count). The third-order valence-electron chi connectivity index (χ3n) is 5.62. The van der Waals surface area contributed by atoms with Gasteiger partial charge in [0.1, 0.15) is 5.01 Å². The van der Waals surface area contributed by atoms with Crippen LogP contribution in [-0.2, 0) is 4.79 Å². The van der Waals surface area contributed by atoms with E-state index >= 15 is 0 Å². The number of hydrogen-bond donors (Lipinski definition) is 0. The topological polar surface area (TPSA) is 39.2 Å². The van der Waals surface area contributed by atoms with Gasteiger partial charge >= 0.3 is 5.97 Å². The van der Waals surface area contributed by atoms with Gasteiger partial charge in [0.25, 0.3) is 0 Å². The molecule has 0 amide bonds. The second-order valence-electron chi connectivity index (χ2n) is 7.98. The minimum atomic E-state index is -0.325. The molecule has 0 aliphatic heterocycles. The monoisotopic (exact) mass is 509 g/mol. The molecule has 6 aromatic rings. The van der Waals surface area contributed by atoms with Crippen LogP contribution in [0.25, 0.3) is 52.8 Å². The van der Waals surface area contributed by atoms with Crippen molar-refractivity contribution in [2.24, 2.45) is 0 Å². The molecule has 0 atom stereocenters. The molecule has 0 aliphatic rings. The zero-order chi connectivity index (χ0) is 23.8. The maximum absolute atomic E-state index is 12.0. The molecule has 3 aromatic heterocycles. The van der Waals surface area contributed by atoms with Crippen molar-refractivity contribution in [2.75, 3.05) is 0 Å². The highest BCUT2D eigenvalue weighted by Crippen LogP contribution is 2.51. The molecule has 0 bridgehead atoms. The molecule has 3 aromatic carbocycles. The predicted molar refractivity (Wildman–Crippen MR) is 148 cm³/mol. The van der Waals surface area contributed by atoms with E-state index in [-0.39, 0.29) is 5.97 Å². The number of rotatable bonds is 5. The minimum absolute atomic E-state index is 0.325. The van der Waals surface area contributed by atoms with E-state index in [1.54, 1.807) is 22.7 Å². The van der Waals surface area contributed by atoms with Gasteiger partial charge in [-0.3, -0.25) is 4.79 Å². The first-order chi connectivity index (χ1) is 17.2. The number of aromatic nitrogens is 1. The SMILES string of the molecule is CC(=O)Oc1sc(-c2ccccc2)cc1-c1c(-c2csc(-c3ccccc3)n2)sc2ccccc12. The van der Waals surface area contributed by atoms with E-state index in [0.29, 0.717) is 5.06 Å². The average Bonchev–Trinajstić information content (AvgIpc) is 3.61. The summed E-state index contributed by atoms with van der Waals surface area (Å²) in [6.07, 6.45) is 0. The molecular formula is C29H19NO2S3. The first-order valence-electron chi connectivity index (χ1n) is 11.1. The predicted octanol–water partition coefficient (Wildman–Crippen LogP) is 9.01. The zero-order valence-electron chi connectivity index (χ0n) is 18.7. The number of nitrogens with zero attached hydrogens (tertiary/aromatic N) is 1. The third kappa shape index (κ3) is 4.21. The highest BCUT2D eigenvalue weighted by atomic mass is 32.1. The summed E-state index contributed by atoms with van der Waals surface area (Å²) in [6, 6.07) is 30.9. The van der Waals surface area contributed by atoms with Gasteiger partial charge in [0, 0.05) is 44.0 Å². The van der Waals surface area contributed by atoms with Crippen molar-refractivity contribution in [1.82, 2.24) is 4.98 Å². The molecule has 0 aliphatic carbocycles. The molecule has 6 heteroatoms. The standard InChI is InChI=1S/C29H19NO2S3/c1-18(31)32-29-22(16-25(35-29)19-10-4-2-5-11-19)26-21-14-8-9-15-24(21)34-27(26)23-17-33-28(30-23)20-12-6-3-7-13-20/h2-17H,1H3. The van der Waals surface area contributed by atoms with Crippen molar-refractivity contribution >= 4 is 50.1 Å². The summed E-state index contributed by atoms with van der Waals surface area (Å²) in [5.74, 6) is -0.325. The fourth-order valence-corrected chi connectivity index (χ4v) is 7.21. The van der Waals surface area contributed by atoms with Crippen molar-refractivity contribution in [3.63, 3.8) is 0 Å². The molecule has 0 unspecified atom stereocenters. The van der Waals surface area contributed by atoms with Gasteiger partial charge in [0.2, 0.25) is 0 Å². The summed E-state index contributed by atoms with van der Waals surface area (Å²) in [7, 11) is 0. The fourth-order valence-electron chi connectivity index (χ4n) is 4.08. The molecule has 3 heterocycles. The van der Waals surface area contributed by atoms with Crippen molar-refractivity contribution in [3.8, 4) is 47.8 Å². The molecule has 35 heavy (non-hydrogen) atoms. The second kappa shape index (κ2) is 9.23. The molecule has 0 saturated carbocycles. The van der Waals surface area contributed by atoms with Crippen molar-refractivity contribution in [3.05, 3.63) is 96.4 Å². The largest absolute Gasteiger partial charge is 0.415 e. The Balaban J connectivity index is 1.57. The number of esters is 1. The van der Waals surface area contributed by atoms with Gasteiger partial charge in [-0.25, -0.2) is 4.98 Å². The Labute approximate surface area is 214 Å². The summed E-state index contributed by atoms with van der Waals surface area (Å²) >= 11 is 4.86. The quantitative estimate of drug-likeness (QED) is 0.218. The van der Waals surface area contributed by atoms with E-state index in [9.17, 15) is 4.79 Å². The molecule has 0 fully saturated rings. The van der Waals surface area contributed by atoms with Crippen LogP contribution in [0.2, 0.25) is 0 Å². The Morgan fingerprint density at radius 3 is 2.26 bits per heavy atom. The van der Waals surface area contributed by atoms with Crippen molar-refractivity contribution in [2.45, 2.75) is 6.92 Å². The van der Waals surface area contributed by atoms with E-state index in [2.05, 4.69) is 60.0 Å². The number of ether oxygens (including phenoxy) is 1. The normalized spacial score (nSPS) is 11.1. The number of benzene rings is 3. The van der Waals surface area contributed by atoms with Crippen molar-refractivity contribution in [1.29, 1.82) is 0 Å². The van der Waals surface area contributed by atoms with Crippen LogP contribution in [0.1, 0.15) is 6.92 Å². The van der Waals surface area contributed by atoms with Gasteiger partial charge in [0.15, 0.2) is 5.06 Å². The van der Waals surface area contributed by atoms with Gasteiger partial charge in [-0.2, -0.15) is 0 Å². The summed E-state index contributed by atoms with van der Waals surface area (Å²) in [5.41, 5.74) is 5.12. The average molecular weight is 510 g/mol. The van der Waals surface area contributed by atoms with Gasteiger partial charge in [-0.05, 0) is 17.7 Å². The minimum Gasteiger partial charge on any atom is -0.415 e. The van der Waals surface area contributed by atoms with E-state index in [4.69, 9.17) is 9.72 Å². The van der Waals surface area contributed by atoms with Crippen molar-refractivity contribution < 1.29 is 9.53 Å². The molecular weight excluding hydrogens is 491 g/mol.